The summed E-state index contributed by atoms with van der Waals surface area (Å²) in [6, 6.07) is 24.3. The van der Waals surface area contributed by atoms with Crippen LogP contribution < -0.4 is 9.64 Å². The number of rotatable bonds is 5. The Morgan fingerprint density at radius 3 is 2.68 bits per heavy atom. The van der Waals surface area contributed by atoms with Crippen LogP contribution in [0.1, 0.15) is 29.3 Å². The third-order valence-electron chi connectivity index (χ3n) is 6.01. The number of carbonyl (C=O) groups is 1. The lowest BCUT2D eigenvalue weighted by molar-refractivity contribution is -0.117. The van der Waals surface area contributed by atoms with E-state index in [0.29, 0.717) is 19.5 Å². The molecule has 0 radical (unpaired) electrons. The molecule has 0 aliphatic carbocycles. The van der Waals surface area contributed by atoms with Gasteiger partial charge < -0.3 is 14.2 Å². The number of methoxy groups -OCH3 is 1. The van der Waals surface area contributed by atoms with Crippen molar-refractivity contribution in [2.75, 3.05) is 18.6 Å². The van der Waals surface area contributed by atoms with E-state index in [1.165, 1.54) is 0 Å². The maximum absolute atomic E-state index is 12.9. The molecule has 5 rings (SSSR count). The first kappa shape index (κ1) is 19.4. The van der Waals surface area contributed by atoms with E-state index in [0.717, 1.165) is 39.4 Å². The number of nitrogens with zero attached hydrogens (tertiary/aromatic N) is 3. The second kappa shape index (κ2) is 7.91. The van der Waals surface area contributed by atoms with E-state index in [2.05, 4.69) is 22.8 Å². The summed E-state index contributed by atoms with van der Waals surface area (Å²) in [4.78, 5) is 19.8. The summed E-state index contributed by atoms with van der Waals surface area (Å²) in [5.74, 6) is 1.99. The van der Waals surface area contributed by atoms with E-state index in [4.69, 9.17) is 9.72 Å². The van der Waals surface area contributed by atoms with Crippen LogP contribution in [0.5, 0.6) is 5.75 Å². The molecule has 0 spiro atoms. The second-order valence-electron chi connectivity index (χ2n) is 8.10. The van der Waals surface area contributed by atoms with Gasteiger partial charge in [-0.3, -0.25) is 4.79 Å². The lowest BCUT2D eigenvalue weighted by Gasteiger charge is -2.18. The Bertz CT molecular complexity index is 1260. The van der Waals surface area contributed by atoms with Crippen LogP contribution in [0.2, 0.25) is 0 Å². The molecule has 1 unspecified atom stereocenters. The summed E-state index contributed by atoms with van der Waals surface area (Å²) in [7, 11) is 1.70. The molecule has 1 amide bonds. The van der Waals surface area contributed by atoms with Crippen molar-refractivity contribution in [2.45, 2.75) is 25.8 Å². The smallest absolute Gasteiger partial charge is 0.227 e. The van der Waals surface area contributed by atoms with Crippen LogP contribution in [-0.4, -0.2) is 29.1 Å². The fraction of sp³-hybridized carbons (Fsp3) is 0.231. The van der Waals surface area contributed by atoms with E-state index in [-0.39, 0.29) is 11.8 Å². The lowest BCUT2D eigenvalue weighted by atomic mass is 10.1. The number of fused-ring (bicyclic) bond motifs is 1. The van der Waals surface area contributed by atoms with E-state index in [1.54, 1.807) is 7.11 Å². The molecule has 5 heteroatoms. The van der Waals surface area contributed by atoms with Crippen LogP contribution in [0.25, 0.3) is 11.0 Å². The van der Waals surface area contributed by atoms with Gasteiger partial charge in [0.15, 0.2) is 0 Å². The van der Waals surface area contributed by atoms with Crippen LogP contribution in [0.4, 0.5) is 5.69 Å². The molecule has 1 atom stereocenters. The average molecular weight is 412 g/mol. The molecule has 1 saturated heterocycles. The fourth-order valence-corrected chi connectivity index (χ4v) is 4.50. The topological polar surface area (TPSA) is 47.4 Å². The molecule has 0 saturated carbocycles. The molecule has 3 aromatic carbocycles. The molecule has 1 aliphatic rings. The van der Waals surface area contributed by atoms with Gasteiger partial charge in [-0.15, -0.1) is 0 Å². The van der Waals surface area contributed by atoms with Crippen LogP contribution in [0, 0.1) is 6.92 Å². The van der Waals surface area contributed by atoms with Crippen molar-refractivity contribution in [2.24, 2.45) is 0 Å². The number of benzene rings is 3. The summed E-state index contributed by atoms with van der Waals surface area (Å²) >= 11 is 0. The molecule has 1 aromatic heterocycles. The number of anilines is 1. The van der Waals surface area contributed by atoms with Gasteiger partial charge in [0.05, 0.1) is 24.7 Å². The fourth-order valence-electron chi connectivity index (χ4n) is 4.50. The number of imidazole rings is 1. The average Bonchev–Trinajstić information content (AvgIpc) is 3.35. The van der Waals surface area contributed by atoms with Gasteiger partial charge in [0.1, 0.15) is 11.6 Å². The molecule has 2 heterocycles. The molecule has 1 fully saturated rings. The summed E-state index contributed by atoms with van der Waals surface area (Å²) in [5, 5.41) is 0. The molecule has 4 aromatic rings. The summed E-state index contributed by atoms with van der Waals surface area (Å²) in [6.07, 6.45) is 0.461. The van der Waals surface area contributed by atoms with Crippen molar-refractivity contribution >= 4 is 22.6 Å². The Kier molecular flexibility index (Phi) is 4.94. The molecular formula is C26H25N3O2. The minimum absolute atomic E-state index is 0.0371. The van der Waals surface area contributed by atoms with Crippen LogP contribution in [-0.2, 0) is 11.3 Å². The SMILES string of the molecule is COc1ccccc1Cn1c(C2CC(=O)N(c3cccc(C)c3)C2)nc2ccccc21. The van der Waals surface area contributed by atoms with Gasteiger partial charge in [-0.1, -0.05) is 42.5 Å². The Labute approximate surface area is 181 Å². The van der Waals surface area contributed by atoms with Gasteiger partial charge in [-0.25, -0.2) is 4.98 Å². The Balaban J connectivity index is 1.54. The first-order chi connectivity index (χ1) is 15.1. The number of para-hydroxylation sites is 3. The Morgan fingerprint density at radius 1 is 1.03 bits per heavy atom. The van der Waals surface area contributed by atoms with Gasteiger partial charge in [0.2, 0.25) is 5.91 Å². The van der Waals surface area contributed by atoms with Gasteiger partial charge in [0.25, 0.3) is 0 Å². The van der Waals surface area contributed by atoms with E-state index in [1.807, 2.05) is 66.4 Å². The maximum atomic E-state index is 12.9. The highest BCUT2D eigenvalue weighted by Crippen LogP contribution is 2.34. The van der Waals surface area contributed by atoms with Crippen molar-refractivity contribution in [1.82, 2.24) is 9.55 Å². The first-order valence-corrected chi connectivity index (χ1v) is 10.6. The van der Waals surface area contributed by atoms with Crippen molar-refractivity contribution in [1.29, 1.82) is 0 Å². The standard InChI is InChI=1S/C26H25N3O2/c1-18-8-7-10-21(14-18)28-17-20(15-25(28)30)26-27-22-11-4-5-12-23(22)29(26)16-19-9-3-6-13-24(19)31-2/h3-14,20H,15-17H2,1-2H3. The predicted octanol–water partition coefficient (Wildman–Crippen LogP) is 4.92. The maximum Gasteiger partial charge on any atom is 0.227 e. The Morgan fingerprint density at radius 2 is 1.84 bits per heavy atom. The van der Waals surface area contributed by atoms with Crippen LogP contribution >= 0.6 is 0 Å². The zero-order valence-electron chi connectivity index (χ0n) is 17.8. The molecule has 0 bridgehead atoms. The normalized spacial score (nSPS) is 16.3. The number of aromatic nitrogens is 2. The highest BCUT2D eigenvalue weighted by molar-refractivity contribution is 5.96. The molecule has 5 nitrogen and oxygen atoms in total. The third-order valence-corrected chi connectivity index (χ3v) is 6.01. The largest absolute Gasteiger partial charge is 0.496 e. The minimum atomic E-state index is 0.0371. The number of hydrogen-bond acceptors (Lipinski definition) is 3. The van der Waals surface area contributed by atoms with Gasteiger partial charge in [0, 0.05) is 30.1 Å². The number of ether oxygens (including phenoxy) is 1. The Hall–Kier alpha value is -3.60. The summed E-state index contributed by atoms with van der Waals surface area (Å²) in [5.41, 5.74) is 5.23. The lowest BCUT2D eigenvalue weighted by Crippen LogP contribution is -2.24. The minimum Gasteiger partial charge on any atom is -0.496 e. The van der Waals surface area contributed by atoms with Gasteiger partial charge in [-0.2, -0.15) is 0 Å². The zero-order valence-corrected chi connectivity index (χ0v) is 17.8. The third kappa shape index (κ3) is 3.56. The van der Waals surface area contributed by atoms with Crippen molar-refractivity contribution in [3.63, 3.8) is 0 Å². The highest BCUT2D eigenvalue weighted by Gasteiger charge is 2.35. The summed E-state index contributed by atoms with van der Waals surface area (Å²) < 4.78 is 7.82. The van der Waals surface area contributed by atoms with E-state index >= 15 is 0 Å². The van der Waals surface area contributed by atoms with E-state index in [9.17, 15) is 4.79 Å². The van der Waals surface area contributed by atoms with Crippen LogP contribution in [0.3, 0.4) is 0 Å². The van der Waals surface area contributed by atoms with Crippen LogP contribution in [0.15, 0.2) is 72.8 Å². The number of hydrogen-bond donors (Lipinski definition) is 0. The monoisotopic (exact) mass is 411 g/mol. The molecule has 156 valence electrons. The van der Waals surface area contributed by atoms with Crippen molar-refractivity contribution < 1.29 is 9.53 Å². The summed E-state index contributed by atoms with van der Waals surface area (Å²) in [6.45, 7) is 3.33. The molecule has 31 heavy (non-hydrogen) atoms. The van der Waals surface area contributed by atoms with Gasteiger partial charge in [-0.05, 0) is 42.8 Å². The predicted molar refractivity (Wildman–Crippen MR) is 123 cm³/mol. The zero-order chi connectivity index (χ0) is 21.4. The number of aryl methyl sites for hydroxylation is 1. The molecular weight excluding hydrogens is 386 g/mol. The quantitative estimate of drug-likeness (QED) is 0.468. The molecule has 1 aliphatic heterocycles. The second-order valence-corrected chi connectivity index (χ2v) is 8.10. The number of amides is 1. The number of carbonyl (C=O) groups excluding carboxylic acids is 1. The van der Waals surface area contributed by atoms with Gasteiger partial charge >= 0.3 is 0 Å². The highest BCUT2D eigenvalue weighted by atomic mass is 16.5. The first-order valence-electron chi connectivity index (χ1n) is 10.6. The van der Waals surface area contributed by atoms with E-state index < -0.39 is 0 Å². The molecule has 0 N–H and O–H groups in total. The van der Waals surface area contributed by atoms with Crippen molar-refractivity contribution in [3.8, 4) is 5.75 Å². The van der Waals surface area contributed by atoms with Crippen molar-refractivity contribution in [3.05, 3.63) is 89.7 Å².